The number of aromatic nitrogens is 1. The largest absolute Gasteiger partial charge is 0.495 e. The van der Waals surface area contributed by atoms with E-state index in [1.54, 1.807) is 35.7 Å². The summed E-state index contributed by atoms with van der Waals surface area (Å²) in [5.41, 5.74) is 0.655. The molecule has 1 aromatic heterocycles. The molecule has 0 unspecified atom stereocenters. The number of benzene rings is 1. The van der Waals surface area contributed by atoms with Crippen molar-refractivity contribution in [3.63, 3.8) is 0 Å². The van der Waals surface area contributed by atoms with Gasteiger partial charge in [0.05, 0.1) is 12.8 Å². The number of carbonyl (C=O) groups excluding carboxylic acids is 2. The van der Waals surface area contributed by atoms with Crippen molar-refractivity contribution in [1.29, 1.82) is 0 Å². The number of nitrogens with one attached hydrogen (secondary N) is 2. The van der Waals surface area contributed by atoms with Crippen molar-refractivity contribution in [3.8, 4) is 5.75 Å². The van der Waals surface area contributed by atoms with Gasteiger partial charge in [0.25, 0.3) is 5.91 Å². The Hall–Kier alpha value is -2.87. The first-order valence-corrected chi connectivity index (χ1v) is 7.92. The number of amides is 1. The van der Waals surface area contributed by atoms with Gasteiger partial charge in [0.15, 0.2) is 17.4 Å². The minimum atomic E-state index is -0.659. The van der Waals surface area contributed by atoms with Crippen LogP contribution in [0.3, 0.4) is 0 Å². The lowest BCUT2D eigenvalue weighted by atomic mass is 10.3. The number of hydrogen-bond donors (Lipinski definition) is 2. The number of carbonyl (C=O) groups is 2. The summed E-state index contributed by atoms with van der Waals surface area (Å²) in [4.78, 5) is 27.8. The molecule has 126 valence electrons. The van der Waals surface area contributed by atoms with Crippen LogP contribution in [0.2, 0.25) is 0 Å². The molecule has 1 heterocycles. The molecule has 0 atom stereocenters. The van der Waals surface area contributed by atoms with Crippen LogP contribution in [0.15, 0.2) is 42.3 Å². The monoisotopic (exact) mass is 347 g/mol. The summed E-state index contributed by atoms with van der Waals surface area (Å²) in [6.07, 6.45) is 1.68. The molecule has 0 aliphatic heterocycles. The van der Waals surface area contributed by atoms with E-state index in [1.165, 1.54) is 18.4 Å². The molecule has 24 heavy (non-hydrogen) atoms. The maximum absolute atomic E-state index is 11.9. The molecule has 0 aliphatic rings. The van der Waals surface area contributed by atoms with Crippen LogP contribution in [-0.2, 0) is 9.53 Å². The molecule has 0 fully saturated rings. The van der Waals surface area contributed by atoms with E-state index in [1.807, 2.05) is 0 Å². The number of thiazole rings is 1. The van der Waals surface area contributed by atoms with Crippen LogP contribution >= 0.6 is 11.3 Å². The van der Waals surface area contributed by atoms with Crippen LogP contribution in [-0.4, -0.2) is 37.1 Å². The third-order valence-corrected chi connectivity index (χ3v) is 3.63. The van der Waals surface area contributed by atoms with Crippen LogP contribution in [0, 0.1) is 0 Å². The maximum atomic E-state index is 11.9. The predicted octanol–water partition coefficient (Wildman–Crippen LogP) is 2.55. The number of hydrogen-bond acceptors (Lipinski definition) is 7. The number of nitrogens with zero attached hydrogens (tertiary/aromatic N) is 1. The Kier molecular flexibility index (Phi) is 6.32. The first-order chi connectivity index (χ1) is 11.6. The highest BCUT2D eigenvalue weighted by Gasteiger charge is 2.14. The molecule has 0 radical (unpaired) electrons. The van der Waals surface area contributed by atoms with E-state index in [-0.39, 0.29) is 5.69 Å². The second-order valence-corrected chi connectivity index (χ2v) is 5.39. The Morgan fingerprint density at radius 1 is 1.38 bits per heavy atom. The fraction of sp³-hybridized carbons (Fsp3) is 0.188. The van der Waals surface area contributed by atoms with Gasteiger partial charge >= 0.3 is 5.97 Å². The number of ether oxygens (including phenoxy) is 2. The van der Waals surface area contributed by atoms with E-state index in [0.717, 1.165) is 0 Å². The lowest BCUT2D eigenvalue weighted by molar-refractivity contribution is -0.119. The predicted molar refractivity (Wildman–Crippen MR) is 92.7 cm³/mol. The highest BCUT2D eigenvalue weighted by molar-refractivity contribution is 7.13. The normalized spacial score (nSPS) is 9.88. The molecule has 8 heteroatoms. The van der Waals surface area contributed by atoms with Crippen LogP contribution in [0.25, 0.3) is 0 Å². The minimum absolute atomic E-state index is 0.150. The first kappa shape index (κ1) is 17.5. The summed E-state index contributed by atoms with van der Waals surface area (Å²) in [5.74, 6) is -0.601. The fourth-order valence-electron chi connectivity index (χ4n) is 1.75. The number of anilines is 2. The molecular weight excluding hydrogens is 330 g/mol. The third-order valence-electron chi connectivity index (χ3n) is 2.83. The quantitative estimate of drug-likeness (QED) is 0.563. The minimum Gasteiger partial charge on any atom is -0.495 e. The zero-order valence-corrected chi connectivity index (χ0v) is 13.9. The van der Waals surface area contributed by atoms with Gasteiger partial charge in [0, 0.05) is 11.9 Å². The molecule has 0 aliphatic carbocycles. The number of esters is 1. The molecule has 0 saturated heterocycles. The van der Waals surface area contributed by atoms with Gasteiger partial charge in [-0.15, -0.1) is 17.9 Å². The lowest BCUT2D eigenvalue weighted by Gasteiger charge is -2.09. The van der Waals surface area contributed by atoms with Crippen molar-refractivity contribution in [2.75, 3.05) is 30.9 Å². The smallest absolute Gasteiger partial charge is 0.358 e. The molecule has 7 nitrogen and oxygen atoms in total. The van der Waals surface area contributed by atoms with Gasteiger partial charge in [-0.3, -0.25) is 4.79 Å². The van der Waals surface area contributed by atoms with E-state index >= 15 is 0 Å². The Morgan fingerprint density at radius 3 is 2.92 bits per heavy atom. The Labute approximate surface area is 143 Å². The molecular formula is C16H17N3O4S. The van der Waals surface area contributed by atoms with Gasteiger partial charge in [0.2, 0.25) is 0 Å². The highest BCUT2D eigenvalue weighted by atomic mass is 32.1. The Balaban J connectivity index is 1.85. The van der Waals surface area contributed by atoms with Gasteiger partial charge in [-0.2, -0.15) is 0 Å². The van der Waals surface area contributed by atoms with Gasteiger partial charge in [-0.05, 0) is 12.1 Å². The maximum Gasteiger partial charge on any atom is 0.358 e. The molecule has 0 spiro atoms. The summed E-state index contributed by atoms with van der Waals surface area (Å²) in [6, 6.07) is 6.96. The number of rotatable bonds is 8. The summed E-state index contributed by atoms with van der Waals surface area (Å²) in [7, 11) is 1.51. The highest BCUT2D eigenvalue weighted by Crippen LogP contribution is 2.22. The summed E-state index contributed by atoms with van der Waals surface area (Å²) in [6.45, 7) is 3.71. The van der Waals surface area contributed by atoms with Crippen LogP contribution < -0.4 is 15.4 Å². The fourth-order valence-corrected chi connectivity index (χ4v) is 2.44. The zero-order chi connectivity index (χ0) is 17.4. The first-order valence-electron chi connectivity index (χ1n) is 7.04. The topological polar surface area (TPSA) is 89.5 Å². The molecule has 0 saturated carbocycles. The van der Waals surface area contributed by atoms with Gasteiger partial charge in [0.1, 0.15) is 5.75 Å². The van der Waals surface area contributed by atoms with Crippen LogP contribution in [0.5, 0.6) is 5.75 Å². The molecule has 2 rings (SSSR count). The summed E-state index contributed by atoms with van der Waals surface area (Å²) in [5, 5.41) is 7.73. The van der Waals surface area contributed by atoms with Gasteiger partial charge in [-0.1, -0.05) is 18.2 Å². The molecule has 1 aromatic carbocycles. The average Bonchev–Trinajstić information content (AvgIpc) is 3.07. The van der Waals surface area contributed by atoms with Crippen LogP contribution in [0.4, 0.5) is 10.8 Å². The average molecular weight is 347 g/mol. The van der Waals surface area contributed by atoms with Crippen molar-refractivity contribution < 1.29 is 19.1 Å². The second kappa shape index (κ2) is 8.68. The third kappa shape index (κ3) is 4.82. The number of methoxy groups -OCH3 is 1. The molecule has 1 amide bonds. The second-order valence-electron chi connectivity index (χ2n) is 4.53. The standard InChI is InChI=1S/C16H17N3O4S/c1-3-8-17-16-19-12(10-24-16)15(21)23-9-14(20)18-11-6-4-5-7-13(11)22-2/h3-7,10H,1,8-9H2,2H3,(H,17,19)(H,18,20). The van der Waals surface area contributed by atoms with E-state index in [2.05, 4.69) is 22.2 Å². The molecule has 2 N–H and O–H groups in total. The molecule has 2 aromatic rings. The Bertz CT molecular complexity index is 730. The van der Waals surface area contributed by atoms with Crippen molar-refractivity contribution in [2.45, 2.75) is 0 Å². The lowest BCUT2D eigenvalue weighted by Crippen LogP contribution is -2.21. The Morgan fingerprint density at radius 2 is 2.17 bits per heavy atom. The van der Waals surface area contributed by atoms with Crippen molar-refractivity contribution in [3.05, 3.63) is 48.0 Å². The van der Waals surface area contributed by atoms with E-state index in [4.69, 9.17) is 9.47 Å². The van der Waals surface area contributed by atoms with E-state index in [0.29, 0.717) is 23.1 Å². The van der Waals surface area contributed by atoms with E-state index in [9.17, 15) is 9.59 Å². The summed E-state index contributed by atoms with van der Waals surface area (Å²) >= 11 is 1.27. The molecule has 0 bridgehead atoms. The van der Waals surface area contributed by atoms with Crippen LogP contribution in [0.1, 0.15) is 10.5 Å². The van der Waals surface area contributed by atoms with Crippen molar-refractivity contribution in [2.24, 2.45) is 0 Å². The van der Waals surface area contributed by atoms with Gasteiger partial charge in [-0.25, -0.2) is 9.78 Å². The van der Waals surface area contributed by atoms with Crippen molar-refractivity contribution >= 4 is 34.0 Å². The van der Waals surface area contributed by atoms with E-state index < -0.39 is 18.5 Å². The van der Waals surface area contributed by atoms with Crippen molar-refractivity contribution in [1.82, 2.24) is 4.98 Å². The zero-order valence-electron chi connectivity index (χ0n) is 13.1. The van der Waals surface area contributed by atoms with Gasteiger partial charge < -0.3 is 20.1 Å². The SMILES string of the molecule is C=CCNc1nc(C(=O)OCC(=O)Nc2ccccc2OC)cs1. The summed E-state index contributed by atoms with van der Waals surface area (Å²) < 4.78 is 10.1. The number of para-hydroxylation sites is 2.